The zero-order valence-electron chi connectivity index (χ0n) is 14.5. The van der Waals surface area contributed by atoms with Crippen LogP contribution in [0, 0.1) is 6.92 Å². The molecular formula is C20H15ClN4O2. The number of Topliss-reactive ketones (excluding diaryl/α,β-unsaturated/α-hetero) is 1. The Kier molecular flexibility index (Phi) is 3.62. The predicted octanol–water partition coefficient (Wildman–Crippen LogP) is 4.26. The van der Waals surface area contributed by atoms with E-state index in [0.717, 1.165) is 28.3 Å². The molecule has 0 fully saturated rings. The van der Waals surface area contributed by atoms with Crippen molar-refractivity contribution in [1.82, 2.24) is 19.8 Å². The summed E-state index contributed by atoms with van der Waals surface area (Å²) in [6.45, 7) is 1.92. The number of benzene rings is 1. The number of hydrogen-bond acceptors (Lipinski definition) is 5. The van der Waals surface area contributed by atoms with Crippen LogP contribution in [0.1, 0.15) is 40.0 Å². The van der Waals surface area contributed by atoms with E-state index in [9.17, 15) is 4.79 Å². The zero-order valence-corrected chi connectivity index (χ0v) is 15.3. The molecule has 0 bridgehead atoms. The molecule has 5 rings (SSSR count). The van der Waals surface area contributed by atoms with Crippen LogP contribution in [-0.4, -0.2) is 25.6 Å². The molecule has 3 heterocycles. The smallest absolute Gasteiger partial charge is 0.185 e. The Bertz CT molecular complexity index is 1180. The fraction of sp³-hybridized carbons (Fsp3) is 0.200. The van der Waals surface area contributed by atoms with Gasteiger partial charge >= 0.3 is 0 Å². The molecule has 0 aliphatic heterocycles. The number of carbonyl (C=O) groups excluding carboxylic acids is 1. The van der Waals surface area contributed by atoms with Crippen molar-refractivity contribution in [3.63, 3.8) is 0 Å². The minimum Gasteiger partial charge on any atom is -0.469 e. The SMILES string of the molecule is Cc1nn2c3c(nnc2c1-c1cccc(Cl)c1)C(=O)C[C@H](c1ccco1)C3. The molecule has 1 aliphatic rings. The Morgan fingerprint density at radius 1 is 1.19 bits per heavy atom. The van der Waals surface area contributed by atoms with Gasteiger partial charge in [-0.05, 0) is 36.8 Å². The first-order chi connectivity index (χ1) is 13.1. The molecule has 1 aliphatic carbocycles. The molecule has 1 atom stereocenters. The third-order valence-electron chi connectivity index (χ3n) is 5.00. The lowest BCUT2D eigenvalue weighted by molar-refractivity contribution is 0.0951. The van der Waals surface area contributed by atoms with Crippen molar-refractivity contribution in [1.29, 1.82) is 0 Å². The third-order valence-corrected chi connectivity index (χ3v) is 5.24. The first-order valence-electron chi connectivity index (χ1n) is 8.69. The highest BCUT2D eigenvalue weighted by Gasteiger charge is 2.32. The molecule has 7 heteroatoms. The molecule has 0 saturated heterocycles. The van der Waals surface area contributed by atoms with Crippen LogP contribution >= 0.6 is 11.6 Å². The molecule has 6 nitrogen and oxygen atoms in total. The van der Waals surface area contributed by atoms with Crippen molar-refractivity contribution in [3.8, 4) is 11.1 Å². The minimum atomic E-state index is -0.0375. The molecule has 1 aromatic carbocycles. The van der Waals surface area contributed by atoms with Crippen molar-refractivity contribution in [2.24, 2.45) is 0 Å². The Labute approximate surface area is 159 Å². The van der Waals surface area contributed by atoms with Gasteiger partial charge in [-0.2, -0.15) is 5.10 Å². The molecule has 0 spiro atoms. The van der Waals surface area contributed by atoms with E-state index in [1.807, 2.05) is 43.3 Å². The Balaban J connectivity index is 1.70. The van der Waals surface area contributed by atoms with Crippen LogP contribution in [0.3, 0.4) is 0 Å². The second-order valence-corrected chi connectivity index (χ2v) is 7.18. The van der Waals surface area contributed by atoms with Crippen LogP contribution in [-0.2, 0) is 6.42 Å². The van der Waals surface area contributed by atoms with Crippen molar-refractivity contribution >= 4 is 23.0 Å². The lowest BCUT2D eigenvalue weighted by atomic mass is 9.87. The van der Waals surface area contributed by atoms with Gasteiger partial charge in [0.15, 0.2) is 17.1 Å². The highest BCUT2D eigenvalue weighted by atomic mass is 35.5. The second-order valence-electron chi connectivity index (χ2n) is 6.75. The number of rotatable bonds is 2. The Morgan fingerprint density at radius 3 is 2.85 bits per heavy atom. The van der Waals surface area contributed by atoms with Crippen molar-refractivity contribution < 1.29 is 9.21 Å². The standard InChI is InChI=1S/C20H15ClN4O2/c1-11-18(12-4-2-5-14(21)8-12)20-23-22-19-15(25(20)24-11)9-13(10-16(19)26)17-6-3-7-27-17/h2-8,13H,9-10H2,1H3/t13-/m1/s1. The number of fused-ring (bicyclic) bond motifs is 3. The van der Waals surface area contributed by atoms with Crippen LogP contribution in [0.2, 0.25) is 5.02 Å². The van der Waals surface area contributed by atoms with Gasteiger partial charge < -0.3 is 4.42 Å². The topological polar surface area (TPSA) is 73.3 Å². The Hall–Kier alpha value is -2.99. The summed E-state index contributed by atoms with van der Waals surface area (Å²) in [4.78, 5) is 12.6. The third kappa shape index (κ3) is 2.56. The maximum absolute atomic E-state index is 12.6. The average molecular weight is 379 g/mol. The maximum atomic E-state index is 12.6. The lowest BCUT2D eigenvalue weighted by Gasteiger charge is -2.21. The number of aryl methyl sites for hydroxylation is 1. The summed E-state index contributed by atoms with van der Waals surface area (Å²) >= 11 is 6.16. The second kappa shape index (κ2) is 6.03. The van der Waals surface area contributed by atoms with Gasteiger partial charge in [0.05, 0.1) is 23.2 Å². The van der Waals surface area contributed by atoms with E-state index >= 15 is 0 Å². The maximum Gasteiger partial charge on any atom is 0.185 e. The fourth-order valence-electron chi connectivity index (χ4n) is 3.78. The summed E-state index contributed by atoms with van der Waals surface area (Å²) in [5, 5.41) is 13.9. The van der Waals surface area contributed by atoms with E-state index in [-0.39, 0.29) is 11.7 Å². The Morgan fingerprint density at radius 2 is 2.07 bits per heavy atom. The molecule has 4 aromatic rings. The van der Waals surface area contributed by atoms with Crippen molar-refractivity contribution in [2.45, 2.75) is 25.7 Å². The largest absolute Gasteiger partial charge is 0.469 e. The van der Waals surface area contributed by atoms with Crippen LogP contribution in [0.25, 0.3) is 16.8 Å². The minimum absolute atomic E-state index is 0.0217. The van der Waals surface area contributed by atoms with Gasteiger partial charge in [0.2, 0.25) is 0 Å². The fourth-order valence-corrected chi connectivity index (χ4v) is 3.97. The number of hydrogen-bond donors (Lipinski definition) is 0. The molecule has 0 amide bonds. The van der Waals surface area contributed by atoms with Gasteiger partial charge in [0.25, 0.3) is 0 Å². The normalized spacial score (nSPS) is 16.7. The van der Waals surface area contributed by atoms with E-state index in [0.29, 0.717) is 29.2 Å². The summed E-state index contributed by atoms with van der Waals surface area (Å²) in [6.07, 6.45) is 2.61. The summed E-state index contributed by atoms with van der Waals surface area (Å²) in [7, 11) is 0. The zero-order chi connectivity index (χ0) is 18.5. The number of furan rings is 1. The molecule has 3 aromatic heterocycles. The predicted molar refractivity (Wildman–Crippen MR) is 100 cm³/mol. The van der Waals surface area contributed by atoms with Gasteiger partial charge in [-0.1, -0.05) is 23.7 Å². The quantitative estimate of drug-likeness (QED) is 0.521. The molecule has 0 radical (unpaired) electrons. The molecule has 134 valence electrons. The number of carbonyl (C=O) groups is 1. The van der Waals surface area contributed by atoms with Crippen LogP contribution in [0.5, 0.6) is 0 Å². The molecule has 0 unspecified atom stereocenters. The summed E-state index contributed by atoms with van der Waals surface area (Å²) < 4.78 is 7.28. The average Bonchev–Trinajstić information content (AvgIpc) is 3.28. The monoisotopic (exact) mass is 378 g/mol. The molecule has 0 N–H and O–H groups in total. The van der Waals surface area contributed by atoms with Crippen molar-refractivity contribution in [3.05, 3.63) is 70.5 Å². The molecular weight excluding hydrogens is 364 g/mol. The van der Waals surface area contributed by atoms with Gasteiger partial charge in [0, 0.05) is 23.8 Å². The van der Waals surface area contributed by atoms with Gasteiger partial charge in [-0.3, -0.25) is 4.79 Å². The van der Waals surface area contributed by atoms with Gasteiger partial charge in [0.1, 0.15) is 5.76 Å². The highest BCUT2D eigenvalue weighted by molar-refractivity contribution is 6.30. The van der Waals surface area contributed by atoms with Gasteiger partial charge in [-0.25, -0.2) is 4.52 Å². The first kappa shape index (κ1) is 16.2. The number of aromatic nitrogens is 4. The number of halogens is 1. The van der Waals surface area contributed by atoms with E-state index in [2.05, 4.69) is 15.3 Å². The molecule has 27 heavy (non-hydrogen) atoms. The van der Waals surface area contributed by atoms with Gasteiger partial charge in [-0.15, -0.1) is 10.2 Å². The summed E-state index contributed by atoms with van der Waals surface area (Å²) in [5.74, 6) is 0.744. The van der Waals surface area contributed by atoms with E-state index in [1.54, 1.807) is 10.8 Å². The first-order valence-corrected chi connectivity index (χ1v) is 9.07. The summed E-state index contributed by atoms with van der Waals surface area (Å²) in [5.41, 5.74) is 4.41. The van der Waals surface area contributed by atoms with Crippen LogP contribution in [0.15, 0.2) is 47.1 Å². The van der Waals surface area contributed by atoms with E-state index in [4.69, 9.17) is 16.0 Å². The highest BCUT2D eigenvalue weighted by Crippen LogP contribution is 2.34. The van der Waals surface area contributed by atoms with Crippen LogP contribution in [0.4, 0.5) is 0 Å². The van der Waals surface area contributed by atoms with E-state index < -0.39 is 0 Å². The number of nitrogens with zero attached hydrogens (tertiary/aromatic N) is 4. The number of ketones is 1. The summed E-state index contributed by atoms with van der Waals surface area (Å²) in [6, 6.07) is 11.3. The lowest BCUT2D eigenvalue weighted by Crippen LogP contribution is -2.24. The van der Waals surface area contributed by atoms with E-state index in [1.165, 1.54) is 0 Å². The molecule has 0 saturated carbocycles. The van der Waals surface area contributed by atoms with Crippen molar-refractivity contribution in [2.75, 3.05) is 0 Å². The van der Waals surface area contributed by atoms with Crippen LogP contribution < -0.4 is 0 Å².